The molecule has 2 fully saturated rings. The lowest BCUT2D eigenvalue weighted by molar-refractivity contribution is -0.140. The van der Waals surface area contributed by atoms with Crippen LogP contribution in [0.25, 0.3) is 11.1 Å². The van der Waals surface area contributed by atoms with E-state index in [0.717, 1.165) is 48.2 Å². The van der Waals surface area contributed by atoms with Crippen LogP contribution < -0.4 is 4.74 Å². The van der Waals surface area contributed by atoms with E-state index in [-0.39, 0.29) is 11.9 Å². The van der Waals surface area contributed by atoms with E-state index in [1.807, 2.05) is 30.3 Å². The van der Waals surface area contributed by atoms with Crippen LogP contribution in [0.2, 0.25) is 5.02 Å². The minimum Gasteiger partial charge on any atom is -0.494 e. The normalized spacial score (nSPS) is 18.8. The van der Waals surface area contributed by atoms with Crippen molar-refractivity contribution >= 4 is 23.5 Å². The molecule has 1 aliphatic carbocycles. The maximum absolute atomic E-state index is 13.0. The average Bonchev–Trinajstić information content (AvgIpc) is 3.23. The summed E-state index contributed by atoms with van der Waals surface area (Å²) in [4.78, 5) is 26.3. The lowest BCUT2D eigenvalue weighted by Gasteiger charge is -2.31. The summed E-state index contributed by atoms with van der Waals surface area (Å²) >= 11 is 6.66. The highest BCUT2D eigenvalue weighted by molar-refractivity contribution is 6.31. The Labute approximate surface area is 207 Å². The molecule has 5 nitrogen and oxygen atoms in total. The van der Waals surface area contributed by atoms with Crippen molar-refractivity contribution in [3.8, 4) is 16.9 Å². The molecule has 0 aromatic heterocycles. The van der Waals surface area contributed by atoms with Crippen LogP contribution >= 0.6 is 11.6 Å². The van der Waals surface area contributed by atoms with Crippen molar-refractivity contribution in [2.45, 2.75) is 63.8 Å². The number of methoxy groups -OCH3 is 1. The zero-order valence-electron chi connectivity index (χ0n) is 19.9. The van der Waals surface area contributed by atoms with Gasteiger partial charge in [-0.2, -0.15) is 0 Å². The SMILES string of the molecule is COC(=O)CCCOc1ccc(-c2ccc(CC3CCN(C4CCCCC4)C3=O)c(Cl)c2)cc1. The molecule has 6 heteroatoms. The molecule has 1 unspecified atom stereocenters. The smallest absolute Gasteiger partial charge is 0.305 e. The number of hydrogen-bond donors (Lipinski definition) is 0. The molecule has 2 aromatic rings. The summed E-state index contributed by atoms with van der Waals surface area (Å²) in [5.41, 5.74) is 3.13. The van der Waals surface area contributed by atoms with E-state index in [4.69, 9.17) is 16.3 Å². The summed E-state index contributed by atoms with van der Waals surface area (Å²) in [6, 6.07) is 14.4. The van der Waals surface area contributed by atoms with Gasteiger partial charge in [0.1, 0.15) is 5.75 Å². The Kier molecular flexibility index (Phi) is 8.49. The summed E-state index contributed by atoms with van der Waals surface area (Å²) in [6.45, 7) is 1.36. The fraction of sp³-hybridized carbons (Fsp3) is 0.500. The third-order valence-electron chi connectivity index (χ3n) is 7.09. The maximum atomic E-state index is 13.0. The molecule has 1 aliphatic heterocycles. The van der Waals surface area contributed by atoms with E-state index in [9.17, 15) is 9.59 Å². The van der Waals surface area contributed by atoms with Crippen LogP contribution in [0.4, 0.5) is 0 Å². The summed E-state index contributed by atoms with van der Waals surface area (Å²) < 4.78 is 10.3. The molecule has 4 rings (SSSR count). The number of benzene rings is 2. The molecule has 0 bridgehead atoms. The number of carbonyl (C=O) groups is 2. The first-order valence-electron chi connectivity index (χ1n) is 12.4. The van der Waals surface area contributed by atoms with Gasteiger partial charge in [0, 0.05) is 29.9 Å². The van der Waals surface area contributed by atoms with Crippen LogP contribution in [0, 0.1) is 5.92 Å². The van der Waals surface area contributed by atoms with Gasteiger partial charge in [0.2, 0.25) is 5.91 Å². The first kappa shape index (κ1) is 24.6. The molecule has 0 radical (unpaired) electrons. The van der Waals surface area contributed by atoms with Crippen LogP contribution in [-0.4, -0.2) is 43.1 Å². The summed E-state index contributed by atoms with van der Waals surface area (Å²) in [5, 5.41) is 0.713. The number of likely N-dealkylation sites (tertiary alicyclic amines) is 1. The molecule has 182 valence electrons. The predicted octanol–water partition coefficient (Wildman–Crippen LogP) is 6.06. The molecule has 2 aromatic carbocycles. The molecule has 1 atom stereocenters. The van der Waals surface area contributed by atoms with Gasteiger partial charge >= 0.3 is 5.97 Å². The van der Waals surface area contributed by atoms with Gasteiger partial charge in [-0.05, 0) is 67.0 Å². The molecule has 1 amide bonds. The second-order valence-corrected chi connectivity index (χ2v) is 9.78. The second-order valence-electron chi connectivity index (χ2n) is 9.37. The zero-order chi connectivity index (χ0) is 23.9. The molecule has 2 aliphatic rings. The van der Waals surface area contributed by atoms with Crippen LogP contribution in [0.5, 0.6) is 5.75 Å². The Hall–Kier alpha value is -2.53. The molecule has 1 saturated heterocycles. The van der Waals surface area contributed by atoms with Crippen molar-refractivity contribution in [3.05, 3.63) is 53.1 Å². The molecular weight excluding hydrogens is 450 g/mol. The Bertz CT molecular complexity index is 984. The largest absolute Gasteiger partial charge is 0.494 e. The Morgan fingerprint density at radius 1 is 1.03 bits per heavy atom. The number of esters is 1. The molecular formula is C28H34ClNO4. The first-order valence-corrected chi connectivity index (χ1v) is 12.8. The number of ether oxygens (including phenoxy) is 2. The third kappa shape index (κ3) is 6.12. The van der Waals surface area contributed by atoms with E-state index >= 15 is 0 Å². The van der Waals surface area contributed by atoms with Crippen molar-refractivity contribution in [2.24, 2.45) is 5.92 Å². The number of hydrogen-bond acceptors (Lipinski definition) is 4. The number of amides is 1. The quantitative estimate of drug-likeness (QED) is 0.321. The Morgan fingerprint density at radius 2 is 1.76 bits per heavy atom. The Morgan fingerprint density at radius 3 is 2.47 bits per heavy atom. The van der Waals surface area contributed by atoms with Gasteiger partial charge in [0.15, 0.2) is 0 Å². The fourth-order valence-electron chi connectivity index (χ4n) is 5.12. The van der Waals surface area contributed by atoms with Gasteiger partial charge in [0.05, 0.1) is 13.7 Å². The molecule has 0 spiro atoms. The standard InChI is InChI=1S/C28H34ClNO4/c1-33-27(31)8-5-17-34-25-13-11-20(12-14-25)21-9-10-22(26(29)19-21)18-23-15-16-30(28(23)32)24-6-3-2-4-7-24/h9-14,19,23-24H,2-8,15-18H2,1H3. The summed E-state index contributed by atoms with van der Waals surface area (Å²) in [5.74, 6) is 0.895. The van der Waals surface area contributed by atoms with Crippen LogP contribution in [0.3, 0.4) is 0 Å². The average molecular weight is 484 g/mol. The van der Waals surface area contributed by atoms with Crippen molar-refractivity contribution in [3.63, 3.8) is 0 Å². The van der Waals surface area contributed by atoms with E-state index in [1.54, 1.807) is 0 Å². The number of halogens is 1. The summed E-state index contributed by atoms with van der Waals surface area (Å²) in [7, 11) is 1.39. The molecule has 1 saturated carbocycles. The van der Waals surface area contributed by atoms with Gasteiger partial charge < -0.3 is 14.4 Å². The van der Waals surface area contributed by atoms with Crippen molar-refractivity contribution in [1.29, 1.82) is 0 Å². The minimum atomic E-state index is -0.224. The van der Waals surface area contributed by atoms with Crippen LogP contribution in [0.15, 0.2) is 42.5 Å². The van der Waals surface area contributed by atoms with Crippen LogP contribution in [-0.2, 0) is 20.7 Å². The maximum Gasteiger partial charge on any atom is 0.305 e. The third-order valence-corrected chi connectivity index (χ3v) is 7.45. The zero-order valence-corrected chi connectivity index (χ0v) is 20.7. The topological polar surface area (TPSA) is 55.8 Å². The van der Waals surface area contributed by atoms with E-state index in [2.05, 4.69) is 21.8 Å². The molecule has 0 N–H and O–H groups in total. The van der Waals surface area contributed by atoms with E-state index in [0.29, 0.717) is 42.8 Å². The van der Waals surface area contributed by atoms with Gasteiger partial charge in [-0.25, -0.2) is 0 Å². The highest BCUT2D eigenvalue weighted by Gasteiger charge is 2.36. The highest BCUT2D eigenvalue weighted by Crippen LogP contribution is 2.33. The minimum absolute atomic E-state index is 0.0425. The monoisotopic (exact) mass is 483 g/mol. The summed E-state index contributed by atoms with van der Waals surface area (Å²) in [6.07, 6.45) is 8.71. The van der Waals surface area contributed by atoms with Crippen LogP contribution in [0.1, 0.15) is 56.9 Å². The Balaban J connectivity index is 1.32. The first-order chi connectivity index (χ1) is 16.5. The number of nitrogens with zero attached hydrogens (tertiary/aromatic N) is 1. The van der Waals surface area contributed by atoms with Crippen molar-refractivity contribution < 1.29 is 19.1 Å². The molecule has 34 heavy (non-hydrogen) atoms. The van der Waals surface area contributed by atoms with Crippen molar-refractivity contribution in [1.82, 2.24) is 4.90 Å². The predicted molar refractivity (Wildman–Crippen MR) is 134 cm³/mol. The number of carbonyl (C=O) groups excluding carboxylic acids is 2. The van der Waals surface area contributed by atoms with Gasteiger partial charge in [-0.15, -0.1) is 0 Å². The van der Waals surface area contributed by atoms with Crippen molar-refractivity contribution in [2.75, 3.05) is 20.3 Å². The number of rotatable bonds is 9. The van der Waals surface area contributed by atoms with Gasteiger partial charge in [-0.1, -0.05) is 55.1 Å². The lowest BCUT2D eigenvalue weighted by Crippen LogP contribution is -2.39. The van der Waals surface area contributed by atoms with E-state index < -0.39 is 0 Å². The van der Waals surface area contributed by atoms with E-state index in [1.165, 1.54) is 26.4 Å². The van der Waals surface area contributed by atoms with Gasteiger partial charge in [-0.3, -0.25) is 9.59 Å². The molecule has 1 heterocycles. The lowest BCUT2D eigenvalue weighted by atomic mass is 9.93. The second kappa shape index (κ2) is 11.7. The van der Waals surface area contributed by atoms with Gasteiger partial charge in [0.25, 0.3) is 0 Å². The highest BCUT2D eigenvalue weighted by atomic mass is 35.5. The fourth-order valence-corrected chi connectivity index (χ4v) is 5.38.